The van der Waals surface area contributed by atoms with E-state index in [1.165, 1.54) is 7.11 Å². The molecule has 1 saturated heterocycles. The van der Waals surface area contributed by atoms with Crippen LogP contribution in [0.3, 0.4) is 0 Å². The van der Waals surface area contributed by atoms with Crippen LogP contribution in [0.4, 0.5) is 14.5 Å². The lowest BCUT2D eigenvalue weighted by atomic mass is 10.2. The Morgan fingerprint density at radius 1 is 1.29 bits per heavy atom. The molecule has 0 unspecified atom stereocenters. The molecule has 2 N–H and O–H groups in total. The van der Waals surface area contributed by atoms with Gasteiger partial charge in [-0.15, -0.1) is 0 Å². The number of halogens is 2. The maximum Gasteiger partial charge on any atom is 0.332 e. The molecule has 0 spiro atoms. The molecule has 1 amide bonds. The average Bonchev–Trinajstić information content (AvgIpc) is 2.92. The van der Waals surface area contributed by atoms with E-state index < -0.39 is 35.7 Å². The van der Waals surface area contributed by atoms with Gasteiger partial charge >= 0.3 is 5.97 Å². The van der Waals surface area contributed by atoms with Gasteiger partial charge < -0.3 is 19.9 Å². The Labute approximate surface area is 118 Å². The largest absolute Gasteiger partial charge is 0.494 e. The Balaban J connectivity index is 2.07. The quantitative estimate of drug-likeness (QED) is 0.881. The zero-order valence-electron chi connectivity index (χ0n) is 11.1. The molecule has 8 heteroatoms. The maximum atomic E-state index is 13.7. The van der Waals surface area contributed by atoms with Crippen LogP contribution in [-0.2, 0) is 14.3 Å². The normalized spacial score (nSPS) is 21.1. The Morgan fingerprint density at radius 2 is 1.95 bits per heavy atom. The zero-order chi connectivity index (χ0) is 15.6. The Morgan fingerprint density at radius 3 is 2.52 bits per heavy atom. The number of carbonyl (C=O) groups excluding carboxylic acids is 1. The summed E-state index contributed by atoms with van der Waals surface area (Å²) in [5.74, 6) is -3.86. The molecule has 1 heterocycles. The van der Waals surface area contributed by atoms with E-state index in [-0.39, 0.29) is 24.3 Å². The van der Waals surface area contributed by atoms with Crippen LogP contribution >= 0.6 is 0 Å². The Kier molecular flexibility index (Phi) is 4.37. The van der Waals surface area contributed by atoms with E-state index in [1.807, 2.05) is 0 Å². The number of nitrogens with one attached hydrogen (secondary N) is 1. The number of rotatable bonds is 4. The third-order valence-corrected chi connectivity index (χ3v) is 3.09. The van der Waals surface area contributed by atoms with Gasteiger partial charge in [0.15, 0.2) is 23.5 Å². The van der Waals surface area contributed by atoms with E-state index in [1.54, 1.807) is 0 Å². The van der Waals surface area contributed by atoms with Crippen molar-refractivity contribution in [3.63, 3.8) is 0 Å². The van der Waals surface area contributed by atoms with Crippen LogP contribution in [0.5, 0.6) is 5.75 Å². The van der Waals surface area contributed by atoms with Gasteiger partial charge in [-0.25, -0.2) is 13.6 Å². The number of amides is 1. The summed E-state index contributed by atoms with van der Waals surface area (Å²) in [5.41, 5.74) is -0.360. The van der Waals surface area contributed by atoms with Crippen LogP contribution in [0.2, 0.25) is 0 Å². The Bertz CT molecular complexity index is 578. The number of hydrogen-bond donors (Lipinski definition) is 2. The van der Waals surface area contributed by atoms with Gasteiger partial charge in [-0.05, 0) is 12.8 Å². The molecule has 2 rings (SSSR count). The number of methoxy groups -OCH3 is 1. The van der Waals surface area contributed by atoms with Crippen LogP contribution in [0.15, 0.2) is 12.1 Å². The molecular formula is C13H13F2NO5. The minimum absolute atomic E-state index is 0.187. The number of carboxylic acid groups (broad SMARTS) is 1. The number of ether oxygens (including phenoxy) is 2. The summed E-state index contributed by atoms with van der Waals surface area (Å²) in [4.78, 5) is 22.6. The van der Waals surface area contributed by atoms with Crippen molar-refractivity contribution in [1.29, 1.82) is 0 Å². The molecule has 1 aliphatic rings. The van der Waals surface area contributed by atoms with E-state index in [2.05, 4.69) is 10.1 Å². The number of aliphatic carboxylic acids is 1. The van der Waals surface area contributed by atoms with Gasteiger partial charge in [0.1, 0.15) is 6.10 Å². The SMILES string of the molecule is COc1cc(F)c(NC(=O)[C@@H]2CC[C@H](C(=O)O)O2)cc1F. The topological polar surface area (TPSA) is 84.9 Å². The van der Waals surface area contributed by atoms with Crippen molar-refractivity contribution < 1.29 is 33.0 Å². The van der Waals surface area contributed by atoms with Gasteiger partial charge in [-0.3, -0.25) is 4.79 Å². The minimum atomic E-state index is -1.16. The summed E-state index contributed by atoms with van der Waals surface area (Å²) >= 11 is 0. The van der Waals surface area contributed by atoms with Gasteiger partial charge in [-0.1, -0.05) is 0 Å². The van der Waals surface area contributed by atoms with Gasteiger partial charge in [0, 0.05) is 12.1 Å². The molecule has 0 aliphatic carbocycles. The highest BCUT2D eigenvalue weighted by molar-refractivity contribution is 5.95. The lowest BCUT2D eigenvalue weighted by Gasteiger charge is -2.13. The number of benzene rings is 1. The van der Waals surface area contributed by atoms with Gasteiger partial charge in [-0.2, -0.15) is 0 Å². The second-order valence-electron chi connectivity index (χ2n) is 4.48. The molecule has 1 aliphatic heterocycles. The fraction of sp³-hybridized carbons (Fsp3) is 0.385. The molecule has 6 nitrogen and oxygen atoms in total. The van der Waals surface area contributed by atoms with Crippen molar-refractivity contribution in [3.8, 4) is 5.75 Å². The first kappa shape index (κ1) is 15.2. The zero-order valence-corrected chi connectivity index (χ0v) is 11.1. The standard InChI is InChI=1S/C13H13F2NO5/c1-20-11-5-6(14)8(4-7(11)15)16-12(17)9-2-3-10(21-9)13(18)19/h4-5,9-10H,2-3H2,1H3,(H,16,17)(H,18,19)/t9-,10+/m0/s1. The summed E-state index contributed by atoms with van der Waals surface area (Å²) in [7, 11) is 1.19. The summed E-state index contributed by atoms with van der Waals surface area (Å²) in [6.45, 7) is 0. The fourth-order valence-electron chi connectivity index (χ4n) is 2.01. The van der Waals surface area contributed by atoms with Crippen molar-refractivity contribution in [2.75, 3.05) is 12.4 Å². The lowest BCUT2D eigenvalue weighted by Crippen LogP contribution is -2.30. The van der Waals surface area contributed by atoms with Crippen LogP contribution in [-0.4, -0.2) is 36.3 Å². The van der Waals surface area contributed by atoms with E-state index >= 15 is 0 Å². The molecule has 114 valence electrons. The molecule has 2 atom stereocenters. The maximum absolute atomic E-state index is 13.7. The van der Waals surface area contributed by atoms with Gasteiger partial charge in [0.05, 0.1) is 12.8 Å². The third kappa shape index (κ3) is 3.27. The summed E-state index contributed by atoms with van der Waals surface area (Å²) in [6, 6.07) is 1.59. The van der Waals surface area contributed by atoms with E-state index in [4.69, 9.17) is 9.84 Å². The van der Waals surface area contributed by atoms with Gasteiger partial charge in [0.2, 0.25) is 0 Å². The summed E-state index contributed by atoms with van der Waals surface area (Å²) in [6.07, 6.45) is -1.68. The molecule has 1 aromatic carbocycles. The number of hydrogen-bond acceptors (Lipinski definition) is 4. The number of carbonyl (C=O) groups is 2. The third-order valence-electron chi connectivity index (χ3n) is 3.09. The molecule has 0 bridgehead atoms. The first-order valence-electron chi connectivity index (χ1n) is 6.14. The minimum Gasteiger partial charge on any atom is -0.494 e. The highest BCUT2D eigenvalue weighted by Crippen LogP contribution is 2.26. The van der Waals surface area contributed by atoms with E-state index in [9.17, 15) is 18.4 Å². The lowest BCUT2D eigenvalue weighted by molar-refractivity contribution is -0.150. The first-order valence-corrected chi connectivity index (χ1v) is 6.14. The fourth-order valence-corrected chi connectivity index (χ4v) is 2.01. The Hall–Kier alpha value is -2.22. The smallest absolute Gasteiger partial charge is 0.332 e. The average molecular weight is 301 g/mol. The van der Waals surface area contributed by atoms with Crippen molar-refractivity contribution >= 4 is 17.6 Å². The number of carboxylic acids is 1. The van der Waals surface area contributed by atoms with Crippen LogP contribution in [0, 0.1) is 11.6 Å². The summed E-state index contributed by atoms with van der Waals surface area (Å²) in [5, 5.41) is 10.9. The summed E-state index contributed by atoms with van der Waals surface area (Å²) < 4.78 is 36.8. The molecule has 1 fully saturated rings. The first-order chi connectivity index (χ1) is 9.92. The van der Waals surface area contributed by atoms with Crippen LogP contribution in [0.25, 0.3) is 0 Å². The van der Waals surface area contributed by atoms with E-state index in [0.717, 1.165) is 12.1 Å². The van der Waals surface area contributed by atoms with Crippen LogP contribution in [0.1, 0.15) is 12.8 Å². The van der Waals surface area contributed by atoms with Crippen molar-refractivity contribution in [2.45, 2.75) is 25.0 Å². The highest BCUT2D eigenvalue weighted by Gasteiger charge is 2.35. The van der Waals surface area contributed by atoms with E-state index in [0.29, 0.717) is 0 Å². The predicted octanol–water partition coefficient (Wildman–Crippen LogP) is 1.54. The highest BCUT2D eigenvalue weighted by atomic mass is 19.1. The second kappa shape index (κ2) is 6.04. The van der Waals surface area contributed by atoms with Crippen molar-refractivity contribution in [2.24, 2.45) is 0 Å². The van der Waals surface area contributed by atoms with Crippen molar-refractivity contribution in [3.05, 3.63) is 23.8 Å². The molecule has 0 radical (unpaired) electrons. The second-order valence-corrected chi connectivity index (χ2v) is 4.48. The molecule has 21 heavy (non-hydrogen) atoms. The predicted molar refractivity (Wildman–Crippen MR) is 67.1 cm³/mol. The molecule has 1 aromatic rings. The monoisotopic (exact) mass is 301 g/mol. The van der Waals surface area contributed by atoms with Gasteiger partial charge in [0.25, 0.3) is 5.91 Å². The molecule has 0 saturated carbocycles. The number of anilines is 1. The van der Waals surface area contributed by atoms with Crippen molar-refractivity contribution in [1.82, 2.24) is 0 Å². The molecule has 0 aromatic heterocycles. The molecular weight excluding hydrogens is 288 g/mol. The van der Waals surface area contributed by atoms with Crippen LogP contribution < -0.4 is 10.1 Å².